The highest BCUT2D eigenvalue weighted by Crippen LogP contribution is 2.08. The maximum atomic E-state index is 11.8. The Morgan fingerprint density at radius 3 is 2.42 bits per heavy atom. The summed E-state index contributed by atoms with van der Waals surface area (Å²) in [6.45, 7) is 2.14. The molecule has 1 rings (SSSR count). The van der Waals surface area contributed by atoms with Gasteiger partial charge in [0.2, 0.25) is 0 Å². The fourth-order valence-electron chi connectivity index (χ4n) is 2.16. The molecule has 0 aromatic carbocycles. The largest absolute Gasteiger partial charge is 0.481 e. The summed E-state index contributed by atoms with van der Waals surface area (Å²) in [7, 11) is 0. The highest BCUT2D eigenvalue weighted by atomic mass is 16.4. The number of rotatable bonds is 7. The number of likely N-dealkylation sites (tertiary alicyclic amines) is 1. The van der Waals surface area contributed by atoms with Gasteiger partial charge in [-0.1, -0.05) is 12.8 Å². The second-order valence-electron chi connectivity index (χ2n) is 5.11. The van der Waals surface area contributed by atoms with E-state index in [0.717, 1.165) is 45.2 Å². The van der Waals surface area contributed by atoms with Crippen molar-refractivity contribution in [1.82, 2.24) is 10.2 Å². The smallest absolute Gasteiger partial charge is 0.317 e. The van der Waals surface area contributed by atoms with E-state index >= 15 is 0 Å². The second-order valence-corrected chi connectivity index (χ2v) is 5.11. The van der Waals surface area contributed by atoms with E-state index in [-0.39, 0.29) is 18.5 Å². The molecule has 4 N–H and O–H groups in total. The van der Waals surface area contributed by atoms with E-state index in [9.17, 15) is 9.59 Å². The summed E-state index contributed by atoms with van der Waals surface area (Å²) >= 11 is 0. The molecule has 6 nitrogen and oxygen atoms in total. The van der Waals surface area contributed by atoms with Gasteiger partial charge in [-0.3, -0.25) is 4.79 Å². The molecule has 0 aliphatic carbocycles. The van der Waals surface area contributed by atoms with Gasteiger partial charge in [-0.2, -0.15) is 0 Å². The number of unbranched alkanes of at least 4 members (excludes halogenated alkanes) is 3. The first kappa shape index (κ1) is 15.8. The van der Waals surface area contributed by atoms with E-state index in [0.29, 0.717) is 13.0 Å². The van der Waals surface area contributed by atoms with Gasteiger partial charge in [-0.25, -0.2) is 4.79 Å². The van der Waals surface area contributed by atoms with Crippen molar-refractivity contribution in [2.75, 3.05) is 19.6 Å². The molecular formula is C13H25N3O3. The van der Waals surface area contributed by atoms with Gasteiger partial charge in [0.25, 0.3) is 0 Å². The number of nitrogens with two attached hydrogens (primary N) is 1. The lowest BCUT2D eigenvalue weighted by Gasteiger charge is -2.30. The Morgan fingerprint density at radius 1 is 1.16 bits per heavy atom. The lowest BCUT2D eigenvalue weighted by Crippen LogP contribution is -2.47. The van der Waals surface area contributed by atoms with Gasteiger partial charge in [-0.05, 0) is 25.7 Å². The number of piperidine rings is 1. The van der Waals surface area contributed by atoms with Crippen LogP contribution in [0.25, 0.3) is 0 Å². The summed E-state index contributed by atoms with van der Waals surface area (Å²) in [5, 5.41) is 11.4. The molecule has 1 heterocycles. The second kappa shape index (κ2) is 8.74. The quantitative estimate of drug-likeness (QED) is 0.605. The lowest BCUT2D eigenvalue weighted by molar-refractivity contribution is -0.137. The van der Waals surface area contributed by atoms with Crippen molar-refractivity contribution in [3.63, 3.8) is 0 Å². The molecule has 0 aromatic heterocycles. The van der Waals surface area contributed by atoms with E-state index in [4.69, 9.17) is 10.8 Å². The number of carbonyl (C=O) groups is 2. The number of carboxylic acid groups (broad SMARTS) is 1. The summed E-state index contributed by atoms with van der Waals surface area (Å²) in [6.07, 6.45) is 5.47. The number of hydrogen-bond donors (Lipinski definition) is 3. The number of amides is 2. The zero-order valence-electron chi connectivity index (χ0n) is 11.4. The first-order chi connectivity index (χ1) is 9.09. The van der Waals surface area contributed by atoms with E-state index < -0.39 is 5.97 Å². The average molecular weight is 271 g/mol. The molecular weight excluding hydrogens is 246 g/mol. The van der Waals surface area contributed by atoms with Crippen LogP contribution in [0, 0.1) is 0 Å². The van der Waals surface area contributed by atoms with E-state index in [2.05, 4.69) is 5.32 Å². The molecule has 0 radical (unpaired) electrons. The zero-order chi connectivity index (χ0) is 14.1. The predicted octanol–water partition coefficient (Wildman–Crippen LogP) is 1.15. The number of aliphatic carboxylic acids is 1. The van der Waals surface area contributed by atoms with Gasteiger partial charge in [0, 0.05) is 32.1 Å². The molecule has 0 saturated carbocycles. The average Bonchev–Trinajstić information content (AvgIpc) is 2.38. The Balaban J connectivity index is 1.97. The Morgan fingerprint density at radius 2 is 1.79 bits per heavy atom. The topological polar surface area (TPSA) is 95.7 Å². The fraction of sp³-hybridized carbons (Fsp3) is 0.846. The van der Waals surface area contributed by atoms with Crippen molar-refractivity contribution in [2.45, 2.75) is 51.0 Å². The highest BCUT2D eigenvalue weighted by molar-refractivity contribution is 5.74. The van der Waals surface area contributed by atoms with Gasteiger partial charge in [0.05, 0.1) is 0 Å². The van der Waals surface area contributed by atoms with E-state index in [1.807, 2.05) is 4.90 Å². The van der Waals surface area contributed by atoms with Gasteiger partial charge in [0.1, 0.15) is 0 Å². The molecule has 19 heavy (non-hydrogen) atoms. The molecule has 1 saturated heterocycles. The Kier molecular flexibility index (Phi) is 7.25. The minimum Gasteiger partial charge on any atom is -0.481 e. The predicted molar refractivity (Wildman–Crippen MR) is 72.9 cm³/mol. The van der Waals surface area contributed by atoms with Crippen molar-refractivity contribution in [3.8, 4) is 0 Å². The molecule has 0 unspecified atom stereocenters. The summed E-state index contributed by atoms with van der Waals surface area (Å²) in [5.74, 6) is -0.739. The third-order valence-corrected chi connectivity index (χ3v) is 3.42. The zero-order valence-corrected chi connectivity index (χ0v) is 11.4. The monoisotopic (exact) mass is 271 g/mol. The van der Waals surface area contributed by atoms with Crippen LogP contribution in [0.2, 0.25) is 0 Å². The number of carbonyl (C=O) groups excluding carboxylic acids is 1. The van der Waals surface area contributed by atoms with Crippen molar-refractivity contribution >= 4 is 12.0 Å². The van der Waals surface area contributed by atoms with Gasteiger partial charge in [0.15, 0.2) is 0 Å². The van der Waals surface area contributed by atoms with E-state index in [1.165, 1.54) is 0 Å². The van der Waals surface area contributed by atoms with Crippen molar-refractivity contribution in [2.24, 2.45) is 5.73 Å². The third kappa shape index (κ3) is 7.00. The molecule has 0 spiro atoms. The molecule has 0 aromatic rings. The molecule has 6 heteroatoms. The van der Waals surface area contributed by atoms with Crippen LogP contribution in [-0.2, 0) is 4.79 Å². The SMILES string of the molecule is NC1CCN(C(=O)NCCCCCCC(=O)O)CC1. The Hall–Kier alpha value is -1.30. The molecule has 2 amide bonds. The molecule has 0 atom stereocenters. The number of carboxylic acids is 1. The minimum atomic E-state index is -0.739. The summed E-state index contributed by atoms with van der Waals surface area (Å²) in [5.41, 5.74) is 5.79. The van der Waals surface area contributed by atoms with Crippen molar-refractivity contribution < 1.29 is 14.7 Å². The number of hydrogen-bond acceptors (Lipinski definition) is 3. The van der Waals surface area contributed by atoms with Crippen molar-refractivity contribution in [1.29, 1.82) is 0 Å². The third-order valence-electron chi connectivity index (χ3n) is 3.42. The van der Waals surface area contributed by atoms with Gasteiger partial charge < -0.3 is 21.1 Å². The standard InChI is InChI=1S/C13H25N3O3/c14-11-6-9-16(10-7-11)13(19)15-8-4-2-1-3-5-12(17)18/h11H,1-10,14H2,(H,15,19)(H,17,18). The van der Waals surface area contributed by atoms with Crippen LogP contribution >= 0.6 is 0 Å². The fourth-order valence-corrected chi connectivity index (χ4v) is 2.16. The Labute approximate surface area is 114 Å². The maximum Gasteiger partial charge on any atom is 0.317 e. The van der Waals surface area contributed by atoms with Crippen LogP contribution in [0.1, 0.15) is 44.9 Å². The lowest BCUT2D eigenvalue weighted by atomic mass is 10.1. The number of nitrogens with one attached hydrogen (secondary N) is 1. The summed E-state index contributed by atoms with van der Waals surface area (Å²) in [6, 6.07) is 0.232. The summed E-state index contributed by atoms with van der Waals surface area (Å²) < 4.78 is 0. The highest BCUT2D eigenvalue weighted by Gasteiger charge is 2.19. The molecule has 1 aliphatic rings. The van der Waals surface area contributed by atoms with Crippen LogP contribution in [0.4, 0.5) is 4.79 Å². The molecule has 1 fully saturated rings. The molecule has 0 bridgehead atoms. The van der Waals surface area contributed by atoms with Crippen LogP contribution in [0.15, 0.2) is 0 Å². The first-order valence-electron chi connectivity index (χ1n) is 7.09. The number of urea groups is 1. The van der Waals surface area contributed by atoms with Crippen LogP contribution in [0.3, 0.4) is 0 Å². The maximum absolute atomic E-state index is 11.8. The van der Waals surface area contributed by atoms with Crippen molar-refractivity contribution in [3.05, 3.63) is 0 Å². The van der Waals surface area contributed by atoms with Gasteiger partial charge in [-0.15, -0.1) is 0 Å². The minimum absolute atomic E-state index is 0.00237. The number of nitrogens with zero attached hydrogens (tertiary/aromatic N) is 1. The molecule has 110 valence electrons. The van der Waals surface area contributed by atoms with Gasteiger partial charge >= 0.3 is 12.0 Å². The van der Waals surface area contributed by atoms with E-state index in [1.54, 1.807) is 0 Å². The van der Waals surface area contributed by atoms with Crippen LogP contribution < -0.4 is 11.1 Å². The Bertz CT molecular complexity index is 289. The molecule has 1 aliphatic heterocycles. The van der Waals surface area contributed by atoms with Crippen LogP contribution in [-0.4, -0.2) is 47.7 Å². The first-order valence-corrected chi connectivity index (χ1v) is 7.09. The normalized spacial score (nSPS) is 16.4. The summed E-state index contributed by atoms with van der Waals surface area (Å²) in [4.78, 5) is 23.9. The van der Waals surface area contributed by atoms with Crippen LogP contribution in [0.5, 0.6) is 0 Å².